The molecule has 0 nitrogen and oxygen atoms in total. The molecule has 0 spiro atoms. The average molecular weight is 176 g/mol. The fourth-order valence-electron chi connectivity index (χ4n) is 1.07. The molecule has 0 amide bonds. The molecule has 0 aromatic carbocycles. The lowest BCUT2D eigenvalue weighted by Crippen LogP contribution is -1.92. The highest BCUT2D eigenvalue weighted by atomic mass is 14.0. The van der Waals surface area contributed by atoms with Gasteiger partial charge >= 0.3 is 0 Å². The van der Waals surface area contributed by atoms with Crippen LogP contribution in [-0.4, -0.2) is 0 Å². The van der Waals surface area contributed by atoms with Gasteiger partial charge in [-0.15, -0.1) is 12.3 Å². The smallest absolute Gasteiger partial charge is 0.0808 e. The van der Waals surface area contributed by atoms with Crippen LogP contribution in [0.2, 0.25) is 0 Å². The second kappa shape index (κ2) is 9.21. The Balaban J connectivity index is 3.68. The van der Waals surface area contributed by atoms with E-state index in [0.29, 0.717) is 0 Å². The zero-order valence-electron chi connectivity index (χ0n) is 8.90. The third kappa shape index (κ3) is 7.48. The van der Waals surface area contributed by atoms with Crippen LogP contribution in [0.4, 0.5) is 0 Å². The topological polar surface area (TPSA) is 0 Å². The van der Waals surface area contributed by atoms with Gasteiger partial charge in [-0.3, -0.25) is 0 Å². The normalized spacial score (nSPS) is 11.2. The average Bonchev–Trinajstić information content (AvgIpc) is 2.17. The van der Waals surface area contributed by atoms with Crippen LogP contribution in [0.15, 0.2) is 0 Å². The summed E-state index contributed by atoms with van der Waals surface area (Å²) >= 11 is 0. The van der Waals surface area contributed by atoms with Crippen molar-refractivity contribution in [2.75, 3.05) is 0 Å². The molecule has 0 aromatic rings. The molecule has 13 heavy (non-hydrogen) atoms. The minimum atomic E-state index is 0.191. The highest BCUT2D eigenvalue weighted by Gasteiger charge is 1.97. The van der Waals surface area contributed by atoms with Crippen LogP contribution in [0, 0.1) is 30.1 Å². The van der Waals surface area contributed by atoms with Crippen molar-refractivity contribution < 1.29 is 0 Å². The second-order valence-corrected chi connectivity index (χ2v) is 3.29. The van der Waals surface area contributed by atoms with E-state index in [2.05, 4.69) is 31.6 Å². The standard InChI is InChI=1S/C13H20/c1-4-7-9-10-12-13(6-3)11-8-5-2/h3,13H,4-5,7-9,11H2,1-2H3. The van der Waals surface area contributed by atoms with E-state index >= 15 is 0 Å². The second-order valence-electron chi connectivity index (χ2n) is 3.29. The Bertz CT molecular complexity index is 196. The summed E-state index contributed by atoms with van der Waals surface area (Å²) in [6, 6.07) is 0. The van der Waals surface area contributed by atoms with Crippen LogP contribution in [0.3, 0.4) is 0 Å². The quantitative estimate of drug-likeness (QED) is 0.443. The Morgan fingerprint density at radius 3 is 2.38 bits per heavy atom. The highest BCUT2D eigenvalue weighted by molar-refractivity contribution is 5.14. The summed E-state index contributed by atoms with van der Waals surface area (Å²) in [5.41, 5.74) is 0. The summed E-state index contributed by atoms with van der Waals surface area (Å²) in [6.07, 6.45) is 12.2. The maximum Gasteiger partial charge on any atom is 0.0808 e. The molecular weight excluding hydrogens is 156 g/mol. The molecule has 0 saturated heterocycles. The van der Waals surface area contributed by atoms with Crippen molar-refractivity contribution >= 4 is 0 Å². The van der Waals surface area contributed by atoms with E-state index in [1.54, 1.807) is 0 Å². The van der Waals surface area contributed by atoms with Gasteiger partial charge in [0.25, 0.3) is 0 Å². The van der Waals surface area contributed by atoms with E-state index in [0.717, 1.165) is 12.8 Å². The minimum Gasteiger partial charge on any atom is -0.119 e. The van der Waals surface area contributed by atoms with E-state index in [-0.39, 0.29) is 5.92 Å². The first-order valence-corrected chi connectivity index (χ1v) is 5.29. The monoisotopic (exact) mass is 176 g/mol. The van der Waals surface area contributed by atoms with E-state index in [9.17, 15) is 0 Å². The first-order chi connectivity index (χ1) is 6.35. The van der Waals surface area contributed by atoms with Gasteiger partial charge in [0, 0.05) is 6.42 Å². The lowest BCUT2D eigenvalue weighted by Gasteiger charge is -1.99. The fourth-order valence-corrected chi connectivity index (χ4v) is 1.07. The molecular formula is C13H20. The van der Waals surface area contributed by atoms with Crippen molar-refractivity contribution in [3.05, 3.63) is 0 Å². The third-order valence-corrected chi connectivity index (χ3v) is 1.98. The maximum atomic E-state index is 5.38. The van der Waals surface area contributed by atoms with Crippen molar-refractivity contribution in [2.24, 2.45) is 5.92 Å². The maximum absolute atomic E-state index is 5.38. The molecule has 0 aliphatic carbocycles. The Hall–Kier alpha value is -0.880. The Kier molecular flexibility index (Phi) is 8.59. The Morgan fingerprint density at radius 1 is 1.15 bits per heavy atom. The predicted octanol–water partition coefficient (Wildman–Crippen LogP) is 3.62. The van der Waals surface area contributed by atoms with Gasteiger partial charge in [-0.25, -0.2) is 0 Å². The van der Waals surface area contributed by atoms with Crippen LogP contribution >= 0.6 is 0 Å². The number of unbranched alkanes of at least 4 members (excludes halogenated alkanes) is 3. The minimum absolute atomic E-state index is 0.191. The van der Waals surface area contributed by atoms with Crippen LogP contribution < -0.4 is 0 Å². The van der Waals surface area contributed by atoms with E-state index in [1.165, 1.54) is 25.7 Å². The highest BCUT2D eigenvalue weighted by Crippen LogP contribution is 2.06. The number of hydrogen-bond acceptors (Lipinski definition) is 0. The van der Waals surface area contributed by atoms with Gasteiger partial charge in [0.2, 0.25) is 0 Å². The van der Waals surface area contributed by atoms with Gasteiger partial charge < -0.3 is 0 Å². The van der Waals surface area contributed by atoms with Crippen molar-refractivity contribution in [3.63, 3.8) is 0 Å². The Labute approximate surface area is 83.1 Å². The van der Waals surface area contributed by atoms with Gasteiger partial charge in [0.15, 0.2) is 0 Å². The van der Waals surface area contributed by atoms with Gasteiger partial charge in [0.1, 0.15) is 0 Å². The summed E-state index contributed by atoms with van der Waals surface area (Å²) in [5.74, 6) is 9.24. The summed E-state index contributed by atoms with van der Waals surface area (Å²) in [7, 11) is 0. The summed E-state index contributed by atoms with van der Waals surface area (Å²) in [6.45, 7) is 4.36. The SMILES string of the molecule is C#CC(C#CCCCC)CCCC. The first-order valence-electron chi connectivity index (χ1n) is 5.29. The molecule has 0 heteroatoms. The van der Waals surface area contributed by atoms with Crippen LogP contribution in [0.5, 0.6) is 0 Å². The molecule has 1 unspecified atom stereocenters. The Morgan fingerprint density at radius 2 is 1.85 bits per heavy atom. The molecule has 72 valence electrons. The molecule has 0 heterocycles. The van der Waals surface area contributed by atoms with Crippen LogP contribution in [0.1, 0.15) is 52.4 Å². The van der Waals surface area contributed by atoms with Crippen molar-refractivity contribution in [1.29, 1.82) is 0 Å². The molecule has 0 bridgehead atoms. The van der Waals surface area contributed by atoms with E-state index in [4.69, 9.17) is 6.42 Å². The van der Waals surface area contributed by atoms with Crippen molar-refractivity contribution in [1.82, 2.24) is 0 Å². The summed E-state index contributed by atoms with van der Waals surface area (Å²) in [4.78, 5) is 0. The molecule has 0 aliphatic heterocycles. The van der Waals surface area contributed by atoms with E-state index in [1.807, 2.05) is 0 Å². The van der Waals surface area contributed by atoms with Gasteiger partial charge in [-0.1, -0.05) is 45.0 Å². The van der Waals surface area contributed by atoms with Gasteiger partial charge in [-0.05, 0) is 12.8 Å². The molecule has 0 aliphatic rings. The molecule has 0 N–H and O–H groups in total. The lowest BCUT2D eigenvalue weighted by atomic mass is 10.0. The zero-order chi connectivity index (χ0) is 9.94. The van der Waals surface area contributed by atoms with Gasteiger partial charge in [-0.2, -0.15) is 0 Å². The lowest BCUT2D eigenvalue weighted by molar-refractivity contribution is 0.668. The molecule has 0 rings (SSSR count). The first kappa shape index (κ1) is 12.1. The third-order valence-electron chi connectivity index (χ3n) is 1.98. The molecule has 1 atom stereocenters. The van der Waals surface area contributed by atoms with Crippen molar-refractivity contribution in [2.45, 2.75) is 52.4 Å². The van der Waals surface area contributed by atoms with Crippen molar-refractivity contribution in [3.8, 4) is 24.2 Å². The fraction of sp³-hybridized carbons (Fsp3) is 0.692. The summed E-state index contributed by atoms with van der Waals surface area (Å²) < 4.78 is 0. The molecule has 0 fully saturated rings. The van der Waals surface area contributed by atoms with Crippen LogP contribution in [-0.2, 0) is 0 Å². The van der Waals surface area contributed by atoms with Gasteiger partial charge in [0.05, 0.1) is 5.92 Å². The molecule has 0 radical (unpaired) electrons. The largest absolute Gasteiger partial charge is 0.119 e. The predicted molar refractivity (Wildman–Crippen MR) is 59.1 cm³/mol. The summed E-state index contributed by atoms with van der Waals surface area (Å²) in [5, 5.41) is 0. The number of terminal acetylenes is 1. The number of hydrogen-bond donors (Lipinski definition) is 0. The zero-order valence-corrected chi connectivity index (χ0v) is 8.90. The van der Waals surface area contributed by atoms with E-state index < -0.39 is 0 Å². The molecule has 0 aromatic heterocycles. The molecule has 0 saturated carbocycles. The number of rotatable bonds is 5. The van der Waals surface area contributed by atoms with Crippen LogP contribution in [0.25, 0.3) is 0 Å².